The Balaban J connectivity index is 3.46. The van der Waals surface area contributed by atoms with Gasteiger partial charge in [-0.2, -0.15) is 0 Å². The van der Waals surface area contributed by atoms with Crippen LogP contribution in [0.25, 0.3) is 0 Å². The van der Waals surface area contributed by atoms with Gasteiger partial charge in [0, 0.05) is 20.0 Å². The van der Waals surface area contributed by atoms with Crippen LogP contribution in [0, 0.1) is 5.92 Å². The maximum atomic E-state index is 11.2. The van der Waals surface area contributed by atoms with Gasteiger partial charge in [-0.3, -0.25) is 4.79 Å². The molecule has 1 atom stereocenters. The van der Waals surface area contributed by atoms with Gasteiger partial charge in [0.1, 0.15) is 5.78 Å². The zero-order valence-electron chi connectivity index (χ0n) is 8.75. The Hall–Kier alpha value is -0.410. The number of aliphatic hydroxyl groups is 1. The largest absolute Gasteiger partial charge is 0.391 e. The van der Waals surface area contributed by atoms with E-state index >= 15 is 0 Å². The van der Waals surface area contributed by atoms with Gasteiger partial charge >= 0.3 is 0 Å². The van der Waals surface area contributed by atoms with Crippen LogP contribution < -0.4 is 0 Å². The van der Waals surface area contributed by atoms with E-state index in [1.54, 1.807) is 7.11 Å². The molecule has 0 bridgehead atoms. The summed E-state index contributed by atoms with van der Waals surface area (Å²) in [6.07, 6.45) is 1.09. The van der Waals surface area contributed by atoms with Crippen LogP contribution in [0.15, 0.2) is 0 Å². The summed E-state index contributed by atoms with van der Waals surface area (Å²) >= 11 is 0. The van der Waals surface area contributed by atoms with Crippen molar-refractivity contribution in [3.05, 3.63) is 0 Å². The van der Waals surface area contributed by atoms with Crippen LogP contribution in [0.4, 0.5) is 0 Å². The summed E-state index contributed by atoms with van der Waals surface area (Å²) in [7, 11) is 1.54. The number of ether oxygens (including phenoxy) is 1. The highest BCUT2D eigenvalue weighted by atomic mass is 16.5. The van der Waals surface area contributed by atoms with Gasteiger partial charge in [-0.15, -0.1) is 0 Å². The fourth-order valence-corrected chi connectivity index (χ4v) is 1.16. The second-order valence-electron chi connectivity index (χ2n) is 3.78. The van der Waals surface area contributed by atoms with E-state index in [9.17, 15) is 9.90 Å². The summed E-state index contributed by atoms with van der Waals surface area (Å²) < 4.78 is 4.76. The average molecular weight is 188 g/mol. The number of methoxy groups -OCH3 is 1. The first kappa shape index (κ1) is 12.6. The molecule has 0 aromatic heterocycles. The second-order valence-corrected chi connectivity index (χ2v) is 3.78. The first-order valence-corrected chi connectivity index (χ1v) is 4.75. The number of hydrogen-bond acceptors (Lipinski definition) is 3. The average Bonchev–Trinajstić information content (AvgIpc) is 2.00. The van der Waals surface area contributed by atoms with Crippen molar-refractivity contribution in [2.24, 2.45) is 5.92 Å². The van der Waals surface area contributed by atoms with Crippen molar-refractivity contribution >= 4 is 5.78 Å². The number of aliphatic hydroxyl groups excluding tert-OH is 1. The first-order chi connectivity index (χ1) is 6.06. The van der Waals surface area contributed by atoms with E-state index < -0.39 is 6.10 Å². The highest BCUT2D eigenvalue weighted by molar-refractivity contribution is 5.78. The van der Waals surface area contributed by atoms with E-state index in [1.807, 2.05) is 13.8 Å². The smallest absolute Gasteiger partial charge is 0.133 e. The summed E-state index contributed by atoms with van der Waals surface area (Å²) in [6, 6.07) is 0. The summed E-state index contributed by atoms with van der Waals surface area (Å²) in [6.45, 7) is 4.35. The summed E-state index contributed by atoms with van der Waals surface area (Å²) in [5.41, 5.74) is 0. The minimum absolute atomic E-state index is 0.227. The minimum Gasteiger partial charge on any atom is -0.391 e. The molecule has 0 aliphatic carbocycles. The monoisotopic (exact) mass is 188 g/mol. The van der Waals surface area contributed by atoms with Crippen molar-refractivity contribution in [2.75, 3.05) is 13.7 Å². The SMILES string of the molecule is COCC(O)CCC(=O)CC(C)C. The van der Waals surface area contributed by atoms with Gasteiger partial charge in [-0.1, -0.05) is 13.8 Å². The molecule has 0 aliphatic heterocycles. The van der Waals surface area contributed by atoms with Crippen LogP contribution in [0.5, 0.6) is 0 Å². The van der Waals surface area contributed by atoms with Crippen LogP contribution in [-0.2, 0) is 9.53 Å². The molecule has 0 saturated carbocycles. The van der Waals surface area contributed by atoms with E-state index in [0.29, 0.717) is 31.8 Å². The Morgan fingerprint density at radius 2 is 2.08 bits per heavy atom. The van der Waals surface area contributed by atoms with Crippen molar-refractivity contribution < 1.29 is 14.6 Å². The number of hydrogen-bond donors (Lipinski definition) is 1. The van der Waals surface area contributed by atoms with E-state index in [4.69, 9.17) is 4.74 Å². The molecular weight excluding hydrogens is 168 g/mol. The lowest BCUT2D eigenvalue weighted by Gasteiger charge is -2.08. The Morgan fingerprint density at radius 3 is 2.54 bits per heavy atom. The molecule has 0 aliphatic rings. The highest BCUT2D eigenvalue weighted by Gasteiger charge is 2.09. The van der Waals surface area contributed by atoms with Crippen molar-refractivity contribution in [3.8, 4) is 0 Å². The molecule has 0 spiro atoms. The van der Waals surface area contributed by atoms with Gasteiger partial charge in [-0.25, -0.2) is 0 Å². The molecule has 3 nitrogen and oxygen atoms in total. The molecule has 0 saturated heterocycles. The molecule has 0 heterocycles. The molecule has 1 N–H and O–H groups in total. The van der Waals surface area contributed by atoms with Gasteiger partial charge in [-0.05, 0) is 12.3 Å². The second kappa shape index (κ2) is 7.04. The Labute approximate surface area is 80.1 Å². The quantitative estimate of drug-likeness (QED) is 0.656. The predicted molar refractivity (Wildman–Crippen MR) is 51.6 cm³/mol. The molecule has 0 aromatic carbocycles. The lowest BCUT2D eigenvalue weighted by atomic mass is 10.0. The zero-order valence-corrected chi connectivity index (χ0v) is 8.75. The van der Waals surface area contributed by atoms with Crippen molar-refractivity contribution in [3.63, 3.8) is 0 Å². The number of carbonyl (C=O) groups excluding carboxylic acids is 1. The van der Waals surface area contributed by atoms with Gasteiger partial charge in [0.2, 0.25) is 0 Å². The third kappa shape index (κ3) is 7.94. The van der Waals surface area contributed by atoms with Crippen LogP contribution in [0.2, 0.25) is 0 Å². The molecular formula is C10H20O3. The lowest BCUT2D eigenvalue weighted by molar-refractivity contribution is -0.120. The molecule has 0 aromatic rings. The lowest BCUT2D eigenvalue weighted by Crippen LogP contribution is -2.16. The van der Waals surface area contributed by atoms with Gasteiger partial charge in [0.15, 0.2) is 0 Å². The fraction of sp³-hybridized carbons (Fsp3) is 0.900. The van der Waals surface area contributed by atoms with Crippen LogP contribution in [0.3, 0.4) is 0 Å². The first-order valence-electron chi connectivity index (χ1n) is 4.75. The van der Waals surface area contributed by atoms with Gasteiger partial charge in [0.25, 0.3) is 0 Å². The summed E-state index contributed by atoms with van der Waals surface area (Å²) in [5, 5.41) is 9.25. The Bertz CT molecular complexity index is 143. The third-order valence-corrected chi connectivity index (χ3v) is 1.75. The number of Topliss-reactive ketones (excluding diaryl/α,β-unsaturated/α-hetero) is 1. The molecule has 1 unspecified atom stereocenters. The fourth-order valence-electron chi connectivity index (χ4n) is 1.16. The van der Waals surface area contributed by atoms with E-state index in [-0.39, 0.29) is 5.78 Å². The van der Waals surface area contributed by atoms with Gasteiger partial charge < -0.3 is 9.84 Å². The van der Waals surface area contributed by atoms with Crippen molar-refractivity contribution in [1.29, 1.82) is 0 Å². The Morgan fingerprint density at radius 1 is 1.46 bits per heavy atom. The highest BCUT2D eigenvalue weighted by Crippen LogP contribution is 2.06. The zero-order chi connectivity index (χ0) is 10.3. The standard InChI is InChI=1S/C10H20O3/c1-8(2)6-9(11)4-5-10(12)7-13-3/h8,10,12H,4-7H2,1-3H3. The number of carbonyl (C=O) groups is 1. The molecule has 0 fully saturated rings. The molecule has 3 heteroatoms. The maximum absolute atomic E-state index is 11.2. The topological polar surface area (TPSA) is 46.5 Å². The molecule has 0 radical (unpaired) electrons. The molecule has 13 heavy (non-hydrogen) atoms. The third-order valence-electron chi connectivity index (χ3n) is 1.75. The Kier molecular flexibility index (Phi) is 6.82. The van der Waals surface area contributed by atoms with Crippen molar-refractivity contribution in [1.82, 2.24) is 0 Å². The van der Waals surface area contributed by atoms with Crippen LogP contribution in [-0.4, -0.2) is 30.7 Å². The minimum atomic E-state index is -0.499. The predicted octanol–water partition coefficient (Wildman–Crippen LogP) is 1.39. The van der Waals surface area contributed by atoms with E-state index in [1.165, 1.54) is 0 Å². The molecule has 0 rings (SSSR count). The van der Waals surface area contributed by atoms with E-state index in [0.717, 1.165) is 0 Å². The summed E-state index contributed by atoms with van der Waals surface area (Å²) in [4.78, 5) is 11.2. The normalized spacial score (nSPS) is 13.3. The number of rotatable bonds is 7. The maximum Gasteiger partial charge on any atom is 0.133 e. The van der Waals surface area contributed by atoms with Gasteiger partial charge in [0.05, 0.1) is 12.7 Å². The van der Waals surface area contributed by atoms with Crippen LogP contribution >= 0.6 is 0 Å². The van der Waals surface area contributed by atoms with Crippen molar-refractivity contribution in [2.45, 2.75) is 39.2 Å². The van der Waals surface area contributed by atoms with E-state index in [2.05, 4.69) is 0 Å². The number of ketones is 1. The molecule has 0 amide bonds. The van der Waals surface area contributed by atoms with Crippen LogP contribution in [0.1, 0.15) is 33.1 Å². The summed E-state index contributed by atoms with van der Waals surface area (Å²) in [5.74, 6) is 0.636. The molecule has 78 valence electrons.